The van der Waals surface area contributed by atoms with Gasteiger partial charge in [0, 0.05) is 12.5 Å². The maximum absolute atomic E-state index is 12.6. The first-order valence-electron chi connectivity index (χ1n) is 8.55. The summed E-state index contributed by atoms with van der Waals surface area (Å²) in [5, 5.41) is 4.11. The third kappa shape index (κ3) is 2.56. The van der Waals surface area contributed by atoms with Crippen molar-refractivity contribution in [2.75, 3.05) is 13.7 Å². The molecule has 1 aromatic heterocycles. The summed E-state index contributed by atoms with van der Waals surface area (Å²) in [5.41, 5.74) is 0.796. The molecular weight excluding hydrogens is 306 g/mol. The lowest BCUT2D eigenvalue weighted by Crippen LogP contribution is -2.38. The third-order valence-electron chi connectivity index (χ3n) is 5.06. The summed E-state index contributed by atoms with van der Waals surface area (Å²) >= 11 is 0. The Kier molecular flexibility index (Phi) is 3.96. The molecule has 0 unspecified atom stereocenters. The number of hydrogen-bond donors (Lipinski definition) is 0. The molecule has 1 atom stereocenters. The Labute approximate surface area is 140 Å². The van der Waals surface area contributed by atoms with Crippen LogP contribution in [-0.2, 0) is 4.79 Å². The molecule has 0 spiro atoms. The average molecular weight is 327 g/mol. The van der Waals surface area contributed by atoms with Gasteiger partial charge in [-0.3, -0.25) is 4.79 Å². The van der Waals surface area contributed by atoms with Gasteiger partial charge in [-0.2, -0.15) is 4.98 Å². The Hall–Kier alpha value is -2.37. The standard InChI is InChI=1S/C18H21N3O3/c1-23-15-10-3-2-8-13(15)16-19-17(24-20-16)14-9-5-11-21(14)18(22)12-6-4-7-12/h2-3,8,10,12,14H,4-7,9,11H2,1H3/t14-/m1/s1. The molecule has 1 aromatic carbocycles. The summed E-state index contributed by atoms with van der Waals surface area (Å²) < 4.78 is 10.9. The second-order valence-electron chi connectivity index (χ2n) is 6.47. The second-order valence-corrected chi connectivity index (χ2v) is 6.47. The van der Waals surface area contributed by atoms with Crippen LogP contribution in [0.5, 0.6) is 5.75 Å². The van der Waals surface area contributed by atoms with E-state index in [0.717, 1.165) is 44.2 Å². The first-order valence-corrected chi connectivity index (χ1v) is 8.55. The van der Waals surface area contributed by atoms with Crippen molar-refractivity contribution in [2.45, 2.75) is 38.1 Å². The van der Waals surface area contributed by atoms with Crippen LogP contribution in [0.1, 0.15) is 44.0 Å². The molecule has 1 aliphatic carbocycles. The fraction of sp³-hybridized carbons (Fsp3) is 0.500. The molecular formula is C18H21N3O3. The number of ether oxygens (including phenoxy) is 1. The topological polar surface area (TPSA) is 68.5 Å². The van der Waals surface area contributed by atoms with Gasteiger partial charge in [-0.25, -0.2) is 0 Å². The number of carbonyl (C=O) groups is 1. The molecule has 1 saturated carbocycles. The minimum atomic E-state index is -0.0888. The second kappa shape index (κ2) is 6.26. The Balaban J connectivity index is 1.58. The lowest BCUT2D eigenvalue weighted by Gasteiger charge is -2.31. The normalized spacial score (nSPS) is 20.9. The Morgan fingerprint density at radius 1 is 1.25 bits per heavy atom. The highest BCUT2D eigenvalue weighted by molar-refractivity contribution is 5.80. The van der Waals surface area contributed by atoms with Crippen LogP contribution in [0.15, 0.2) is 28.8 Å². The predicted octanol–water partition coefficient (Wildman–Crippen LogP) is 3.21. The van der Waals surface area contributed by atoms with Gasteiger partial charge in [0.05, 0.1) is 12.7 Å². The third-order valence-corrected chi connectivity index (χ3v) is 5.06. The van der Waals surface area contributed by atoms with Crippen LogP contribution in [0.4, 0.5) is 0 Å². The van der Waals surface area contributed by atoms with Gasteiger partial charge in [0.25, 0.3) is 0 Å². The van der Waals surface area contributed by atoms with Gasteiger partial charge in [0.1, 0.15) is 11.8 Å². The molecule has 1 saturated heterocycles. The van der Waals surface area contributed by atoms with Crippen molar-refractivity contribution in [3.05, 3.63) is 30.2 Å². The highest BCUT2D eigenvalue weighted by Gasteiger charge is 2.38. The van der Waals surface area contributed by atoms with Crippen molar-refractivity contribution in [3.8, 4) is 17.1 Å². The van der Waals surface area contributed by atoms with Crippen LogP contribution < -0.4 is 4.74 Å². The van der Waals surface area contributed by atoms with Gasteiger partial charge < -0.3 is 14.2 Å². The van der Waals surface area contributed by atoms with Gasteiger partial charge in [-0.15, -0.1) is 0 Å². The van der Waals surface area contributed by atoms with E-state index in [0.29, 0.717) is 17.5 Å². The van der Waals surface area contributed by atoms with E-state index in [2.05, 4.69) is 10.1 Å². The monoisotopic (exact) mass is 327 g/mol. The number of hydrogen-bond acceptors (Lipinski definition) is 5. The number of carbonyl (C=O) groups excluding carboxylic acids is 1. The van der Waals surface area contributed by atoms with Crippen molar-refractivity contribution in [3.63, 3.8) is 0 Å². The highest BCUT2D eigenvalue weighted by atomic mass is 16.5. The molecule has 2 aliphatic rings. The van der Waals surface area contributed by atoms with Gasteiger partial charge >= 0.3 is 0 Å². The number of methoxy groups -OCH3 is 1. The molecule has 6 heteroatoms. The Bertz CT molecular complexity index is 739. The summed E-state index contributed by atoms with van der Waals surface area (Å²) in [6.45, 7) is 0.784. The van der Waals surface area contributed by atoms with Crippen LogP contribution in [0.2, 0.25) is 0 Å². The van der Waals surface area contributed by atoms with Crippen molar-refractivity contribution < 1.29 is 14.1 Å². The van der Waals surface area contributed by atoms with Crippen LogP contribution in [0, 0.1) is 5.92 Å². The zero-order chi connectivity index (χ0) is 16.5. The van der Waals surface area contributed by atoms with E-state index in [-0.39, 0.29) is 17.9 Å². The fourth-order valence-electron chi connectivity index (χ4n) is 3.49. The van der Waals surface area contributed by atoms with Crippen molar-refractivity contribution in [1.29, 1.82) is 0 Å². The molecule has 1 amide bonds. The molecule has 0 radical (unpaired) electrons. The minimum Gasteiger partial charge on any atom is -0.496 e. The molecule has 2 aromatic rings. The van der Waals surface area contributed by atoms with Crippen LogP contribution in [-0.4, -0.2) is 34.6 Å². The SMILES string of the molecule is COc1ccccc1-c1noc([C@H]2CCCN2C(=O)C2CCC2)n1. The highest BCUT2D eigenvalue weighted by Crippen LogP contribution is 2.37. The quantitative estimate of drug-likeness (QED) is 0.862. The zero-order valence-corrected chi connectivity index (χ0v) is 13.8. The van der Waals surface area contributed by atoms with Crippen LogP contribution >= 0.6 is 0 Å². The van der Waals surface area contributed by atoms with E-state index in [4.69, 9.17) is 9.26 Å². The van der Waals surface area contributed by atoms with E-state index in [1.54, 1.807) is 7.11 Å². The summed E-state index contributed by atoms with van der Waals surface area (Å²) in [6, 6.07) is 7.50. The van der Waals surface area contributed by atoms with Crippen LogP contribution in [0.25, 0.3) is 11.4 Å². The fourth-order valence-corrected chi connectivity index (χ4v) is 3.49. The lowest BCUT2D eigenvalue weighted by molar-refractivity contribution is -0.139. The largest absolute Gasteiger partial charge is 0.496 e. The van der Waals surface area contributed by atoms with Gasteiger partial charge in [-0.1, -0.05) is 23.7 Å². The van der Waals surface area contributed by atoms with E-state index in [1.807, 2.05) is 29.2 Å². The van der Waals surface area contributed by atoms with E-state index < -0.39 is 0 Å². The minimum absolute atomic E-state index is 0.0888. The summed E-state index contributed by atoms with van der Waals surface area (Å²) in [5.74, 6) is 2.19. The zero-order valence-electron chi connectivity index (χ0n) is 13.8. The number of rotatable bonds is 4. The van der Waals surface area contributed by atoms with Crippen molar-refractivity contribution in [2.24, 2.45) is 5.92 Å². The van der Waals surface area contributed by atoms with Crippen molar-refractivity contribution >= 4 is 5.91 Å². The van der Waals surface area contributed by atoms with E-state index in [1.165, 1.54) is 0 Å². The molecule has 0 bridgehead atoms. The smallest absolute Gasteiger partial charge is 0.249 e. The molecule has 6 nitrogen and oxygen atoms in total. The molecule has 1 aliphatic heterocycles. The maximum atomic E-state index is 12.6. The van der Waals surface area contributed by atoms with E-state index in [9.17, 15) is 4.79 Å². The number of benzene rings is 1. The molecule has 4 rings (SSSR count). The number of likely N-dealkylation sites (tertiary alicyclic amines) is 1. The molecule has 2 fully saturated rings. The first-order chi connectivity index (χ1) is 11.8. The Morgan fingerprint density at radius 3 is 2.83 bits per heavy atom. The lowest BCUT2D eigenvalue weighted by atomic mass is 9.84. The van der Waals surface area contributed by atoms with Crippen molar-refractivity contribution in [1.82, 2.24) is 15.0 Å². The predicted molar refractivity (Wildman–Crippen MR) is 87.3 cm³/mol. The Morgan fingerprint density at radius 2 is 2.08 bits per heavy atom. The maximum Gasteiger partial charge on any atom is 0.249 e. The average Bonchev–Trinajstić information content (AvgIpc) is 3.22. The van der Waals surface area contributed by atoms with E-state index >= 15 is 0 Å². The number of aromatic nitrogens is 2. The molecule has 24 heavy (non-hydrogen) atoms. The number of nitrogens with zero attached hydrogens (tertiary/aromatic N) is 3. The molecule has 0 N–H and O–H groups in total. The molecule has 126 valence electrons. The van der Waals surface area contributed by atoms with Gasteiger partial charge in [0.2, 0.25) is 17.6 Å². The summed E-state index contributed by atoms with van der Waals surface area (Å²) in [7, 11) is 1.62. The first kappa shape index (κ1) is 15.2. The number of para-hydroxylation sites is 1. The molecule has 2 heterocycles. The van der Waals surface area contributed by atoms with Crippen LogP contribution in [0.3, 0.4) is 0 Å². The summed E-state index contributed by atoms with van der Waals surface area (Å²) in [4.78, 5) is 19.1. The number of amides is 1. The summed E-state index contributed by atoms with van der Waals surface area (Å²) in [6.07, 6.45) is 5.05. The van der Waals surface area contributed by atoms with Gasteiger partial charge in [-0.05, 0) is 37.8 Å². The van der Waals surface area contributed by atoms with Gasteiger partial charge in [0.15, 0.2) is 0 Å².